The molecule has 1 aromatic heterocycles. The molecule has 1 atom stereocenters. The molecule has 0 bridgehead atoms. The van der Waals surface area contributed by atoms with E-state index in [1.165, 1.54) is 10.9 Å². The fraction of sp³-hybridized carbons (Fsp3) is 0.500. The molecule has 1 aliphatic heterocycles. The van der Waals surface area contributed by atoms with E-state index in [0.29, 0.717) is 10.2 Å². The summed E-state index contributed by atoms with van der Waals surface area (Å²) in [6, 6.07) is 0. The molecule has 110 valence electrons. The summed E-state index contributed by atoms with van der Waals surface area (Å²) in [6.45, 7) is 1.20. The largest absolute Gasteiger partial charge is 0.438 e. The van der Waals surface area contributed by atoms with Crippen LogP contribution in [0.1, 0.15) is 12.1 Å². The monoisotopic (exact) mass is 354 g/mol. The number of hydrogen-bond donors (Lipinski definition) is 1. The second kappa shape index (κ2) is 4.85. The molecule has 1 aliphatic rings. The van der Waals surface area contributed by atoms with E-state index < -0.39 is 30.8 Å². The number of carbonyl (C=O) groups excluding carboxylic acids is 1. The molecule has 0 aliphatic carbocycles. The number of amides is 1. The molecule has 0 radical (unpaired) electrons. The summed E-state index contributed by atoms with van der Waals surface area (Å²) in [7, 11) is 0. The maximum absolute atomic E-state index is 12.8. The van der Waals surface area contributed by atoms with Crippen LogP contribution < -0.4 is 0 Å². The highest BCUT2D eigenvalue weighted by Gasteiger charge is 2.61. The van der Waals surface area contributed by atoms with Gasteiger partial charge in [-0.15, -0.1) is 0 Å². The van der Waals surface area contributed by atoms with Gasteiger partial charge in [-0.3, -0.25) is 9.48 Å². The van der Waals surface area contributed by atoms with Crippen molar-refractivity contribution in [3.8, 4) is 0 Å². The maximum atomic E-state index is 12.8. The summed E-state index contributed by atoms with van der Waals surface area (Å²) < 4.78 is 40.3. The van der Waals surface area contributed by atoms with Crippen molar-refractivity contribution in [1.29, 1.82) is 0 Å². The lowest BCUT2D eigenvalue weighted by Crippen LogP contribution is -2.57. The van der Waals surface area contributed by atoms with Crippen molar-refractivity contribution in [3.63, 3.8) is 0 Å². The molecule has 2 heterocycles. The number of halogens is 4. The van der Waals surface area contributed by atoms with Gasteiger partial charge in [-0.25, -0.2) is 0 Å². The summed E-state index contributed by atoms with van der Waals surface area (Å²) in [5, 5.41) is 16.9. The number of hydrogen-bond acceptors (Lipinski definition) is 4. The van der Waals surface area contributed by atoms with Crippen molar-refractivity contribution in [2.45, 2.75) is 31.8 Å². The van der Waals surface area contributed by atoms with E-state index in [1.807, 2.05) is 0 Å². The van der Waals surface area contributed by atoms with Crippen LogP contribution in [0.15, 0.2) is 15.8 Å². The Morgan fingerprint density at radius 3 is 2.75 bits per heavy atom. The van der Waals surface area contributed by atoms with Gasteiger partial charge in [0.1, 0.15) is 6.54 Å². The Bertz CT molecular complexity index is 571. The van der Waals surface area contributed by atoms with Crippen LogP contribution in [0.4, 0.5) is 13.2 Å². The van der Waals surface area contributed by atoms with E-state index in [1.54, 1.807) is 6.92 Å². The van der Waals surface area contributed by atoms with E-state index in [4.69, 9.17) is 0 Å². The first-order chi connectivity index (χ1) is 9.17. The Morgan fingerprint density at radius 1 is 1.60 bits per heavy atom. The SMILES string of the molecule is Cc1c(Br)cnn1CC(=O)N1N=CC[C@]1(O)C(F)(F)F. The van der Waals surface area contributed by atoms with Crippen LogP contribution in [0.5, 0.6) is 0 Å². The number of alkyl halides is 3. The molecular formula is C10H10BrF3N4O2. The summed E-state index contributed by atoms with van der Waals surface area (Å²) in [5.41, 5.74) is -2.71. The van der Waals surface area contributed by atoms with Crippen LogP contribution in [0.3, 0.4) is 0 Å². The van der Waals surface area contributed by atoms with E-state index in [-0.39, 0.29) is 5.01 Å². The van der Waals surface area contributed by atoms with Crippen molar-refractivity contribution in [2.75, 3.05) is 0 Å². The number of hydrazone groups is 1. The Labute approximate surface area is 120 Å². The Hall–Kier alpha value is -1.42. The van der Waals surface area contributed by atoms with Gasteiger partial charge < -0.3 is 5.11 Å². The number of rotatable bonds is 2. The molecule has 20 heavy (non-hydrogen) atoms. The minimum absolute atomic E-state index is 0.0576. The molecule has 0 aromatic carbocycles. The predicted octanol–water partition coefficient (Wildman–Crippen LogP) is 1.42. The molecule has 10 heteroatoms. The quantitative estimate of drug-likeness (QED) is 0.873. The minimum Gasteiger partial charge on any atom is -0.362 e. The fourth-order valence-corrected chi connectivity index (χ4v) is 2.01. The average Bonchev–Trinajstić information content (AvgIpc) is 2.87. The topological polar surface area (TPSA) is 70.7 Å². The Kier molecular flexibility index (Phi) is 3.63. The van der Waals surface area contributed by atoms with Crippen LogP contribution in [-0.4, -0.2) is 43.9 Å². The Balaban J connectivity index is 2.21. The van der Waals surface area contributed by atoms with Crippen LogP contribution in [0, 0.1) is 6.92 Å². The van der Waals surface area contributed by atoms with Gasteiger partial charge in [0.2, 0.25) is 0 Å². The van der Waals surface area contributed by atoms with E-state index in [2.05, 4.69) is 26.1 Å². The standard InChI is InChI=1S/C10H10BrF3N4O2/c1-6-7(11)4-16-17(6)5-8(19)18-9(20,2-3-15-18)10(12,13)14/h3-4,20H,2,5H2,1H3/t9-/m0/s1. The molecule has 0 spiro atoms. The second-order valence-electron chi connectivity index (χ2n) is 4.26. The first-order valence-electron chi connectivity index (χ1n) is 5.49. The van der Waals surface area contributed by atoms with Crippen molar-refractivity contribution < 1.29 is 23.1 Å². The summed E-state index contributed by atoms with van der Waals surface area (Å²) >= 11 is 3.18. The van der Waals surface area contributed by atoms with Crippen molar-refractivity contribution in [1.82, 2.24) is 14.8 Å². The number of carbonyl (C=O) groups is 1. The molecule has 0 saturated carbocycles. The zero-order chi connectivity index (χ0) is 15.1. The van der Waals surface area contributed by atoms with E-state index >= 15 is 0 Å². The van der Waals surface area contributed by atoms with Gasteiger partial charge in [-0.05, 0) is 22.9 Å². The predicted molar refractivity (Wildman–Crippen MR) is 65.6 cm³/mol. The lowest BCUT2D eigenvalue weighted by molar-refractivity contribution is -0.302. The highest BCUT2D eigenvalue weighted by atomic mass is 79.9. The van der Waals surface area contributed by atoms with Gasteiger partial charge >= 0.3 is 6.18 Å². The molecule has 0 unspecified atom stereocenters. The lowest BCUT2D eigenvalue weighted by atomic mass is 10.1. The van der Waals surface area contributed by atoms with Gasteiger partial charge in [-0.1, -0.05) is 0 Å². The van der Waals surface area contributed by atoms with Crippen molar-refractivity contribution >= 4 is 28.1 Å². The summed E-state index contributed by atoms with van der Waals surface area (Å²) in [6.07, 6.45) is -3.49. The first-order valence-corrected chi connectivity index (χ1v) is 6.28. The highest BCUT2D eigenvalue weighted by Crippen LogP contribution is 2.38. The summed E-state index contributed by atoms with van der Waals surface area (Å²) in [5.74, 6) is -1.00. The zero-order valence-electron chi connectivity index (χ0n) is 10.2. The number of aliphatic hydroxyl groups is 1. The molecule has 6 nitrogen and oxygen atoms in total. The molecule has 1 amide bonds. The second-order valence-corrected chi connectivity index (χ2v) is 5.11. The summed E-state index contributed by atoms with van der Waals surface area (Å²) in [4.78, 5) is 11.9. The van der Waals surface area contributed by atoms with Crippen molar-refractivity contribution in [3.05, 3.63) is 16.4 Å². The normalized spacial score (nSPS) is 22.6. The van der Waals surface area contributed by atoms with Crippen LogP contribution in [0.25, 0.3) is 0 Å². The van der Waals surface area contributed by atoms with Crippen LogP contribution >= 0.6 is 15.9 Å². The third-order valence-electron chi connectivity index (χ3n) is 2.94. The minimum atomic E-state index is -4.99. The number of nitrogens with zero attached hydrogens (tertiary/aromatic N) is 4. The molecular weight excluding hydrogens is 345 g/mol. The van der Waals surface area contributed by atoms with Gasteiger partial charge in [0.05, 0.1) is 16.4 Å². The zero-order valence-corrected chi connectivity index (χ0v) is 11.8. The van der Waals surface area contributed by atoms with E-state index in [9.17, 15) is 23.1 Å². The molecule has 2 rings (SSSR count). The average molecular weight is 355 g/mol. The van der Waals surface area contributed by atoms with E-state index in [0.717, 1.165) is 6.21 Å². The van der Waals surface area contributed by atoms with Gasteiger partial charge in [-0.2, -0.15) is 28.4 Å². The fourth-order valence-electron chi connectivity index (χ4n) is 1.72. The Morgan fingerprint density at radius 2 is 2.25 bits per heavy atom. The molecule has 1 N–H and O–H groups in total. The molecule has 1 aromatic rings. The lowest BCUT2D eigenvalue weighted by Gasteiger charge is -2.32. The smallest absolute Gasteiger partial charge is 0.362 e. The van der Waals surface area contributed by atoms with Crippen LogP contribution in [0.2, 0.25) is 0 Å². The molecule has 0 fully saturated rings. The maximum Gasteiger partial charge on any atom is 0.438 e. The highest BCUT2D eigenvalue weighted by molar-refractivity contribution is 9.10. The third-order valence-corrected chi connectivity index (χ3v) is 3.72. The number of aromatic nitrogens is 2. The van der Waals surface area contributed by atoms with Gasteiger partial charge in [0.25, 0.3) is 11.6 Å². The first kappa shape index (κ1) is 15.0. The van der Waals surface area contributed by atoms with Crippen molar-refractivity contribution in [2.24, 2.45) is 5.10 Å². The van der Waals surface area contributed by atoms with Gasteiger partial charge in [0.15, 0.2) is 0 Å². The molecule has 0 saturated heterocycles. The van der Waals surface area contributed by atoms with Gasteiger partial charge in [0, 0.05) is 12.6 Å². The van der Waals surface area contributed by atoms with Crippen LogP contribution in [-0.2, 0) is 11.3 Å². The third kappa shape index (κ3) is 2.33.